The van der Waals surface area contributed by atoms with Gasteiger partial charge in [-0.25, -0.2) is 0 Å². The van der Waals surface area contributed by atoms with E-state index in [1.54, 1.807) is 6.92 Å². The molecule has 20 heavy (non-hydrogen) atoms. The van der Waals surface area contributed by atoms with Gasteiger partial charge in [-0.2, -0.15) is 0 Å². The fraction of sp³-hybridized carbons (Fsp3) is 0.647. The summed E-state index contributed by atoms with van der Waals surface area (Å²) in [5.74, 6) is 0.852. The molecule has 1 aromatic carbocycles. The molecular formula is C17H24ClNO. The van der Waals surface area contributed by atoms with E-state index in [-0.39, 0.29) is 0 Å². The number of benzene rings is 1. The number of nitrogens with zero attached hydrogens (tertiary/aromatic N) is 1. The maximum Gasteiger partial charge on any atom is 0.0762 e. The molecule has 0 amide bonds. The fourth-order valence-corrected chi connectivity index (χ4v) is 4.24. The summed E-state index contributed by atoms with van der Waals surface area (Å²) in [4.78, 5) is 2.53. The molecule has 1 saturated carbocycles. The first-order valence-corrected chi connectivity index (χ1v) is 8.29. The average Bonchev–Trinajstić information content (AvgIpc) is 2.46. The number of fused-ring (bicyclic) bond motifs is 1. The number of rotatable bonds is 2. The summed E-state index contributed by atoms with van der Waals surface area (Å²) in [5.41, 5.74) is 2.06. The monoisotopic (exact) mass is 293 g/mol. The van der Waals surface area contributed by atoms with Crippen LogP contribution in [0.25, 0.3) is 0 Å². The van der Waals surface area contributed by atoms with Crippen LogP contribution in [-0.2, 0) is 0 Å². The van der Waals surface area contributed by atoms with E-state index in [2.05, 4.69) is 11.0 Å². The number of piperidine rings is 1. The summed E-state index contributed by atoms with van der Waals surface area (Å²) in [7, 11) is 0. The molecule has 0 radical (unpaired) electrons. The van der Waals surface area contributed by atoms with E-state index in [1.807, 2.05) is 12.1 Å². The van der Waals surface area contributed by atoms with Gasteiger partial charge in [-0.1, -0.05) is 30.5 Å². The zero-order valence-corrected chi connectivity index (χ0v) is 12.9. The van der Waals surface area contributed by atoms with Crippen LogP contribution in [0.4, 0.5) is 5.69 Å². The summed E-state index contributed by atoms with van der Waals surface area (Å²) >= 11 is 6.49. The van der Waals surface area contributed by atoms with E-state index in [4.69, 9.17) is 11.6 Å². The number of halogens is 1. The van der Waals surface area contributed by atoms with Gasteiger partial charge in [0, 0.05) is 12.6 Å². The highest BCUT2D eigenvalue weighted by atomic mass is 35.5. The Hall–Kier alpha value is -0.730. The lowest BCUT2D eigenvalue weighted by Crippen LogP contribution is -2.47. The van der Waals surface area contributed by atoms with Gasteiger partial charge < -0.3 is 10.0 Å². The molecule has 3 rings (SSSR count). The molecule has 0 aromatic heterocycles. The molecule has 3 atom stereocenters. The van der Waals surface area contributed by atoms with E-state index in [0.717, 1.165) is 28.7 Å². The van der Waals surface area contributed by atoms with Gasteiger partial charge in [-0.3, -0.25) is 0 Å². The molecule has 0 bridgehead atoms. The first-order valence-electron chi connectivity index (χ1n) is 7.91. The van der Waals surface area contributed by atoms with Crippen molar-refractivity contribution in [1.82, 2.24) is 0 Å². The lowest BCUT2D eigenvalue weighted by Gasteiger charge is -2.45. The molecule has 1 aliphatic carbocycles. The fourth-order valence-electron chi connectivity index (χ4n) is 3.94. The smallest absolute Gasteiger partial charge is 0.0762 e. The molecule has 110 valence electrons. The van der Waals surface area contributed by atoms with Crippen LogP contribution in [0.1, 0.15) is 57.1 Å². The molecule has 2 unspecified atom stereocenters. The van der Waals surface area contributed by atoms with Gasteiger partial charge in [0.1, 0.15) is 0 Å². The highest BCUT2D eigenvalue weighted by Crippen LogP contribution is 2.40. The van der Waals surface area contributed by atoms with Gasteiger partial charge in [-0.15, -0.1) is 0 Å². The number of hydrogen-bond acceptors (Lipinski definition) is 2. The van der Waals surface area contributed by atoms with Gasteiger partial charge in [0.25, 0.3) is 0 Å². The zero-order valence-electron chi connectivity index (χ0n) is 12.2. The molecule has 1 N–H and O–H groups in total. The number of anilines is 1. The third-order valence-corrected chi connectivity index (χ3v) is 5.31. The quantitative estimate of drug-likeness (QED) is 0.864. The van der Waals surface area contributed by atoms with Crippen LogP contribution in [-0.4, -0.2) is 17.7 Å². The lowest BCUT2D eigenvalue weighted by molar-refractivity contribution is 0.199. The second-order valence-electron chi connectivity index (χ2n) is 6.33. The standard InChI is InChI=1S/C17H24ClNO/c1-12(20)14-8-9-17(15(18)11-14)19-10-4-6-13-5-2-3-7-16(13)19/h8-9,11-13,16,20H,2-7,10H2,1H3/t12-,13?,16?/m1/s1. The minimum Gasteiger partial charge on any atom is -0.389 e. The van der Waals surface area contributed by atoms with Gasteiger partial charge in [0.05, 0.1) is 16.8 Å². The Balaban J connectivity index is 1.87. The van der Waals surface area contributed by atoms with Crippen molar-refractivity contribution in [2.75, 3.05) is 11.4 Å². The molecule has 2 fully saturated rings. The Bertz CT molecular complexity index is 472. The number of aliphatic hydroxyl groups is 1. The maximum atomic E-state index is 9.66. The van der Waals surface area contributed by atoms with E-state index in [9.17, 15) is 5.11 Å². The Morgan fingerprint density at radius 3 is 2.70 bits per heavy atom. The van der Waals surface area contributed by atoms with Crippen LogP contribution in [0.15, 0.2) is 18.2 Å². The van der Waals surface area contributed by atoms with Crippen LogP contribution in [0.5, 0.6) is 0 Å². The van der Waals surface area contributed by atoms with Gasteiger partial charge in [0.2, 0.25) is 0 Å². The van der Waals surface area contributed by atoms with Gasteiger partial charge in [0.15, 0.2) is 0 Å². The number of hydrogen-bond donors (Lipinski definition) is 1. The van der Waals surface area contributed by atoms with Crippen LogP contribution in [0, 0.1) is 5.92 Å². The third-order valence-electron chi connectivity index (χ3n) is 5.01. The lowest BCUT2D eigenvalue weighted by atomic mass is 9.78. The molecule has 2 aliphatic rings. The van der Waals surface area contributed by atoms with E-state index in [1.165, 1.54) is 38.5 Å². The van der Waals surface area contributed by atoms with Gasteiger partial charge >= 0.3 is 0 Å². The molecule has 1 aliphatic heterocycles. The second-order valence-corrected chi connectivity index (χ2v) is 6.74. The highest BCUT2D eigenvalue weighted by Gasteiger charge is 2.33. The summed E-state index contributed by atoms with van der Waals surface area (Å²) < 4.78 is 0. The SMILES string of the molecule is C[C@@H](O)c1ccc(N2CCCC3CCCCC32)c(Cl)c1. The minimum atomic E-state index is -0.453. The Morgan fingerprint density at radius 2 is 1.95 bits per heavy atom. The van der Waals surface area contributed by atoms with Gasteiger partial charge in [-0.05, 0) is 56.2 Å². The van der Waals surface area contributed by atoms with E-state index >= 15 is 0 Å². The van der Waals surface area contributed by atoms with Crippen molar-refractivity contribution in [3.05, 3.63) is 28.8 Å². The largest absolute Gasteiger partial charge is 0.389 e. The molecular weight excluding hydrogens is 270 g/mol. The average molecular weight is 294 g/mol. The topological polar surface area (TPSA) is 23.5 Å². The number of aliphatic hydroxyl groups excluding tert-OH is 1. The molecule has 1 saturated heterocycles. The van der Waals surface area contributed by atoms with Crippen molar-refractivity contribution in [2.24, 2.45) is 5.92 Å². The highest BCUT2D eigenvalue weighted by molar-refractivity contribution is 6.33. The van der Waals surface area contributed by atoms with E-state index < -0.39 is 6.10 Å². The first-order chi connectivity index (χ1) is 9.66. The van der Waals surface area contributed by atoms with E-state index in [0.29, 0.717) is 6.04 Å². The molecule has 0 spiro atoms. The summed E-state index contributed by atoms with van der Waals surface area (Å²) in [6.07, 6.45) is 7.62. The van der Waals surface area contributed by atoms with Crippen LogP contribution >= 0.6 is 11.6 Å². The second kappa shape index (κ2) is 5.95. The Morgan fingerprint density at radius 1 is 1.20 bits per heavy atom. The summed E-state index contributed by atoms with van der Waals surface area (Å²) in [6, 6.07) is 6.71. The molecule has 1 aromatic rings. The minimum absolute atomic E-state index is 0.453. The Kier molecular flexibility index (Phi) is 4.23. The van der Waals surface area contributed by atoms with Crippen molar-refractivity contribution in [2.45, 2.75) is 57.6 Å². The van der Waals surface area contributed by atoms with Crippen LogP contribution in [0.2, 0.25) is 5.02 Å². The van der Waals surface area contributed by atoms with Crippen molar-refractivity contribution < 1.29 is 5.11 Å². The van der Waals surface area contributed by atoms with Crippen molar-refractivity contribution in [1.29, 1.82) is 0 Å². The predicted molar refractivity (Wildman–Crippen MR) is 84.4 cm³/mol. The molecule has 2 nitrogen and oxygen atoms in total. The van der Waals surface area contributed by atoms with Crippen LogP contribution < -0.4 is 4.90 Å². The normalized spacial score (nSPS) is 28.1. The summed E-state index contributed by atoms with van der Waals surface area (Å²) in [6.45, 7) is 2.90. The molecule has 3 heteroatoms. The maximum absolute atomic E-state index is 9.66. The zero-order chi connectivity index (χ0) is 14.1. The molecule has 1 heterocycles. The summed E-state index contributed by atoms with van der Waals surface area (Å²) in [5, 5.41) is 10.5. The van der Waals surface area contributed by atoms with Crippen molar-refractivity contribution >= 4 is 17.3 Å². The predicted octanol–water partition coefficient (Wildman–Crippen LogP) is 4.55. The van der Waals surface area contributed by atoms with Crippen LogP contribution in [0.3, 0.4) is 0 Å². The van der Waals surface area contributed by atoms with Crippen molar-refractivity contribution in [3.8, 4) is 0 Å². The first kappa shape index (κ1) is 14.2. The van der Waals surface area contributed by atoms with Crippen molar-refractivity contribution in [3.63, 3.8) is 0 Å². The third kappa shape index (κ3) is 2.68. The Labute approximate surface area is 126 Å².